The fraction of sp³-hybridized carbons (Fsp3) is 0.429. The summed E-state index contributed by atoms with van der Waals surface area (Å²) in [5.74, 6) is -1.03. The van der Waals surface area contributed by atoms with Gasteiger partial charge in [0.2, 0.25) is 5.91 Å². The average molecular weight is 262 g/mol. The summed E-state index contributed by atoms with van der Waals surface area (Å²) in [5, 5.41) is 8.95. The molecule has 5 heteroatoms. The van der Waals surface area contributed by atoms with Crippen LogP contribution in [-0.4, -0.2) is 29.6 Å². The maximum atomic E-state index is 12.2. The zero-order valence-corrected chi connectivity index (χ0v) is 10.9. The van der Waals surface area contributed by atoms with Crippen LogP contribution in [0.25, 0.3) is 0 Å². The van der Waals surface area contributed by atoms with Crippen molar-refractivity contribution in [1.29, 1.82) is 0 Å². The minimum Gasteiger partial charge on any atom is -0.478 e. The van der Waals surface area contributed by atoms with Gasteiger partial charge >= 0.3 is 5.97 Å². The molecule has 3 N–H and O–H groups in total. The van der Waals surface area contributed by atoms with E-state index in [0.29, 0.717) is 19.4 Å². The van der Waals surface area contributed by atoms with Gasteiger partial charge in [-0.3, -0.25) is 4.79 Å². The number of carbonyl (C=O) groups excluding carboxylic acids is 1. The minimum absolute atomic E-state index is 0.0799. The van der Waals surface area contributed by atoms with Gasteiger partial charge in [0.15, 0.2) is 0 Å². The molecule has 2 rings (SSSR count). The molecule has 0 spiro atoms. The number of anilines is 1. The predicted octanol–water partition coefficient (Wildman–Crippen LogP) is 1.40. The second-order valence-electron chi connectivity index (χ2n) is 4.78. The number of carboxylic acid groups (broad SMARTS) is 1. The van der Waals surface area contributed by atoms with Crippen molar-refractivity contribution in [2.75, 3.05) is 11.4 Å². The summed E-state index contributed by atoms with van der Waals surface area (Å²) in [6.45, 7) is 2.57. The van der Waals surface area contributed by atoms with Crippen LogP contribution in [-0.2, 0) is 11.2 Å². The fourth-order valence-electron chi connectivity index (χ4n) is 2.40. The first kappa shape index (κ1) is 13.5. The van der Waals surface area contributed by atoms with Gasteiger partial charge in [-0.2, -0.15) is 0 Å². The second-order valence-corrected chi connectivity index (χ2v) is 4.78. The molecule has 1 amide bonds. The number of hydrogen-bond donors (Lipinski definition) is 2. The Bertz CT molecular complexity index is 513. The van der Waals surface area contributed by atoms with E-state index < -0.39 is 12.0 Å². The van der Waals surface area contributed by atoms with E-state index in [0.717, 1.165) is 17.7 Å². The van der Waals surface area contributed by atoms with Gasteiger partial charge in [-0.05, 0) is 36.6 Å². The summed E-state index contributed by atoms with van der Waals surface area (Å²) in [5.41, 5.74) is 7.81. The standard InChI is InChI=1S/C14H18N2O3/c1-2-3-11(15)13(17)16-7-6-9-8-10(14(18)19)4-5-12(9)16/h4-5,8,11H,2-3,6-7,15H2,1H3,(H,18,19)/t11-/m1/s1. The molecular formula is C14H18N2O3. The molecule has 0 bridgehead atoms. The molecule has 0 radical (unpaired) electrons. The van der Waals surface area contributed by atoms with Crippen molar-refractivity contribution >= 4 is 17.6 Å². The van der Waals surface area contributed by atoms with E-state index in [4.69, 9.17) is 10.8 Å². The average Bonchev–Trinajstić information content (AvgIpc) is 2.80. The number of carbonyl (C=O) groups is 2. The van der Waals surface area contributed by atoms with E-state index in [-0.39, 0.29) is 11.5 Å². The lowest BCUT2D eigenvalue weighted by Crippen LogP contribution is -2.43. The SMILES string of the molecule is CCC[C@@H](N)C(=O)N1CCc2cc(C(=O)O)ccc21. The summed E-state index contributed by atoms with van der Waals surface area (Å²) in [4.78, 5) is 24.8. The molecule has 0 saturated carbocycles. The molecule has 1 atom stereocenters. The molecule has 1 aliphatic heterocycles. The van der Waals surface area contributed by atoms with Crippen LogP contribution in [0.3, 0.4) is 0 Å². The molecular weight excluding hydrogens is 244 g/mol. The third-order valence-electron chi connectivity index (χ3n) is 3.40. The first-order chi connectivity index (χ1) is 9.04. The normalized spacial score (nSPS) is 15.2. The third-order valence-corrected chi connectivity index (χ3v) is 3.40. The fourth-order valence-corrected chi connectivity index (χ4v) is 2.40. The number of nitrogens with zero attached hydrogens (tertiary/aromatic N) is 1. The molecule has 0 aromatic heterocycles. The van der Waals surface area contributed by atoms with Crippen molar-refractivity contribution in [3.63, 3.8) is 0 Å². The molecule has 19 heavy (non-hydrogen) atoms. The molecule has 0 saturated heterocycles. The van der Waals surface area contributed by atoms with Gasteiger partial charge in [0.25, 0.3) is 0 Å². The van der Waals surface area contributed by atoms with Crippen LogP contribution in [0.15, 0.2) is 18.2 Å². The van der Waals surface area contributed by atoms with Crippen molar-refractivity contribution < 1.29 is 14.7 Å². The zero-order chi connectivity index (χ0) is 14.0. The highest BCUT2D eigenvalue weighted by Gasteiger charge is 2.28. The highest BCUT2D eigenvalue weighted by atomic mass is 16.4. The Morgan fingerprint density at radius 1 is 1.47 bits per heavy atom. The number of rotatable bonds is 4. The van der Waals surface area contributed by atoms with Crippen molar-refractivity contribution in [3.05, 3.63) is 29.3 Å². The molecule has 0 fully saturated rings. The van der Waals surface area contributed by atoms with Gasteiger partial charge in [-0.15, -0.1) is 0 Å². The van der Waals surface area contributed by atoms with Crippen LogP contribution < -0.4 is 10.6 Å². The van der Waals surface area contributed by atoms with E-state index in [2.05, 4.69) is 0 Å². The third kappa shape index (κ3) is 2.61. The number of fused-ring (bicyclic) bond motifs is 1. The van der Waals surface area contributed by atoms with Crippen LogP contribution >= 0.6 is 0 Å². The van der Waals surface area contributed by atoms with E-state index in [1.807, 2.05) is 6.92 Å². The molecule has 102 valence electrons. The number of hydrogen-bond acceptors (Lipinski definition) is 3. The lowest BCUT2D eigenvalue weighted by atomic mass is 10.1. The Morgan fingerprint density at radius 3 is 2.84 bits per heavy atom. The first-order valence-corrected chi connectivity index (χ1v) is 6.47. The highest BCUT2D eigenvalue weighted by Crippen LogP contribution is 2.29. The molecule has 0 aliphatic carbocycles. The quantitative estimate of drug-likeness (QED) is 0.859. The predicted molar refractivity (Wildman–Crippen MR) is 72.3 cm³/mol. The van der Waals surface area contributed by atoms with Gasteiger partial charge in [-0.25, -0.2) is 4.79 Å². The van der Waals surface area contributed by atoms with Crippen molar-refractivity contribution in [1.82, 2.24) is 0 Å². The van der Waals surface area contributed by atoms with E-state index in [1.54, 1.807) is 17.0 Å². The van der Waals surface area contributed by atoms with E-state index in [9.17, 15) is 9.59 Å². The van der Waals surface area contributed by atoms with Gasteiger partial charge in [0.05, 0.1) is 11.6 Å². The minimum atomic E-state index is -0.949. The van der Waals surface area contributed by atoms with Gasteiger partial charge in [0, 0.05) is 12.2 Å². The van der Waals surface area contributed by atoms with E-state index in [1.165, 1.54) is 6.07 Å². The molecule has 5 nitrogen and oxygen atoms in total. The Hall–Kier alpha value is -1.88. The highest BCUT2D eigenvalue weighted by molar-refractivity contribution is 5.99. The largest absolute Gasteiger partial charge is 0.478 e. The Morgan fingerprint density at radius 2 is 2.21 bits per heavy atom. The zero-order valence-electron chi connectivity index (χ0n) is 10.9. The van der Waals surface area contributed by atoms with Crippen LogP contribution in [0.1, 0.15) is 35.7 Å². The Balaban J connectivity index is 2.23. The van der Waals surface area contributed by atoms with Gasteiger partial charge < -0.3 is 15.7 Å². The van der Waals surface area contributed by atoms with E-state index >= 15 is 0 Å². The maximum Gasteiger partial charge on any atom is 0.335 e. The Labute approximate surface area is 112 Å². The molecule has 1 heterocycles. The second kappa shape index (κ2) is 5.40. The first-order valence-electron chi connectivity index (χ1n) is 6.47. The van der Waals surface area contributed by atoms with Crippen LogP contribution in [0.4, 0.5) is 5.69 Å². The summed E-state index contributed by atoms with van der Waals surface area (Å²) in [6.07, 6.45) is 2.21. The monoisotopic (exact) mass is 262 g/mol. The lowest BCUT2D eigenvalue weighted by molar-refractivity contribution is -0.119. The van der Waals surface area contributed by atoms with Crippen molar-refractivity contribution in [2.24, 2.45) is 5.73 Å². The summed E-state index contributed by atoms with van der Waals surface area (Å²) in [7, 11) is 0. The molecule has 1 aliphatic rings. The molecule has 1 aromatic carbocycles. The van der Waals surface area contributed by atoms with Gasteiger partial charge in [-0.1, -0.05) is 13.3 Å². The summed E-state index contributed by atoms with van der Waals surface area (Å²) in [6, 6.07) is 4.38. The van der Waals surface area contributed by atoms with Crippen LogP contribution in [0, 0.1) is 0 Å². The lowest BCUT2D eigenvalue weighted by Gasteiger charge is -2.21. The topological polar surface area (TPSA) is 83.6 Å². The number of aromatic carboxylic acids is 1. The number of benzene rings is 1. The van der Waals surface area contributed by atoms with Crippen LogP contribution in [0.2, 0.25) is 0 Å². The number of nitrogens with two attached hydrogens (primary N) is 1. The smallest absolute Gasteiger partial charge is 0.335 e. The van der Waals surface area contributed by atoms with Crippen molar-refractivity contribution in [2.45, 2.75) is 32.2 Å². The number of carboxylic acids is 1. The maximum absolute atomic E-state index is 12.2. The summed E-state index contributed by atoms with van der Waals surface area (Å²) < 4.78 is 0. The number of amides is 1. The molecule has 0 unspecified atom stereocenters. The van der Waals surface area contributed by atoms with Gasteiger partial charge in [0.1, 0.15) is 0 Å². The van der Waals surface area contributed by atoms with Crippen molar-refractivity contribution in [3.8, 4) is 0 Å². The molecule has 1 aromatic rings. The summed E-state index contributed by atoms with van der Waals surface area (Å²) >= 11 is 0. The van der Waals surface area contributed by atoms with Crippen LogP contribution in [0.5, 0.6) is 0 Å². The Kier molecular flexibility index (Phi) is 3.85.